The first-order chi connectivity index (χ1) is 8.73. The predicted molar refractivity (Wildman–Crippen MR) is 77.1 cm³/mol. The molecular weight excluding hydrogens is 222 g/mol. The molecule has 1 aromatic rings. The zero-order valence-corrected chi connectivity index (χ0v) is 11.6. The highest BCUT2D eigenvalue weighted by Crippen LogP contribution is 2.28. The zero-order valence-electron chi connectivity index (χ0n) is 11.6. The van der Waals surface area contributed by atoms with Gasteiger partial charge in [0.05, 0.1) is 6.61 Å². The molecule has 0 bridgehead atoms. The average Bonchev–Trinajstić information content (AvgIpc) is 2.88. The minimum atomic E-state index is 0.0268. The van der Waals surface area contributed by atoms with Gasteiger partial charge in [-0.25, -0.2) is 0 Å². The van der Waals surface area contributed by atoms with Crippen LogP contribution < -0.4 is 5.32 Å². The standard InChI is InChI=1S/C16H25NO/c1-3-16(4-2,12-18)11-17-15-9-8-13-6-5-7-14(13)10-15/h8-10,17-18H,3-7,11-12H2,1-2H3. The van der Waals surface area contributed by atoms with Crippen LogP contribution in [0.5, 0.6) is 0 Å². The Morgan fingerprint density at radius 2 is 1.89 bits per heavy atom. The van der Waals surface area contributed by atoms with Gasteiger partial charge in [0.15, 0.2) is 0 Å². The van der Waals surface area contributed by atoms with E-state index in [-0.39, 0.29) is 12.0 Å². The normalized spacial score (nSPS) is 14.6. The number of hydrogen-bond acceptors (Lipinski definition) is 2. The quantitative estimate of drug-likeness (QED) is 0.807. The van der Waals surface area contributed by atoms with Crippen LogP contribution >= 0.6 is 0 Å². The van der Waals surface area contributed by atoms with Crippen LogP contribution in [-0.4, -0.2) is 18.3 Å². The van der Waals surface area contributed by atoms with E-state index < -0.39 is 0 Å². The maximum absolute atomic E-state index is 9.57. The largest absolute Gasteiger partial charge is 0.396 e. The van der Waals surface area contributed by atoms with Gasteiger partial charge in [-0.3, -0.25) is 0 Å². The third kappa shape index (κ3) is 2.69. The number of aryl methyl sites for hydroxylation is 2. The molecule has 0 radical (unpaired) electrons. The van der Waals surface area contributed by atoms with Crippen molar-refractivity contribution in [1.82, 2.24) is 0 Å². The van der Waals surface area contributed by atoms with Crippen LogP contribution in [0.25, 0.3) is 0 Å². The van der Waals surface area contributed by atoms with E-state index in [9.17, 15) is 5.11 Å². The Bertz CT molecular complexity index is 388. The Kier molecular flexibility index (Phi) is 4.28. The Morgan fingerprint density at radius 3 is 2.56 bits per heavy atom. The van der Waals surface area contributed by atoms with Crippen molar-refractivity contribution in [2.75, 3.05) is 18.5 Å². The Labute approximate surface area is 110 Å². The summed E-state index contributed by atoms with van der Waals surface area (Å²) in [6.45, 7) is 5.43. The molecule has 0 aliphatic heterocycles. The van der Waals surface area contributed by atoms with Crippen molar-refractivity contribution in [1.29, 1.82) is 0 Å². The lowest BCUT2D eigenvalue weighted by Gasteiger charge is -2.30. The van der Waals surface area contributed by atoms with Crippen LogP contribution in [0.15, 0.2) is 18.2 Å². The summed E-state index contributed by atoms with van der Waals surface area (Å²) in [5, 5.41) is 13.1. The lowest BCUT2D eigenvalue weighted by Crippen LogP contribution is -2.32. The van der Waals surface area contributed by atoms with Crippen molar-refractivity contribution in [2.45, 2.75) is 46.0 Å². The van der Waals surface area contributed by atoms with Gasteiger partial charge in [-0.05, 0) is 55.4 Å². The van der Waals surface area contributed by atoms with E-state index in [1.165, 1.54) is 36.1 Å². The molecule has 0 aromatic heterocycles. The number of fused-ring (bicyclic) bond motifs is 1. The first-order valence-electron chi connectivity index (χ1n) is 7.19. The molecule has 0 atom stereocenters. The van der Waals surface area contributed by atoms with E-state index >= 15 is 0 Å². The van der Waals surface area contributed by atoms with Crippen LogP contribution in [0, 0.1) is 5.41 Å². The van der Waals surface area contributed by atoms with Gasteiger partial charge in [0.1, 0.15) is 0 Å². The molecule has 100 valence electrons. The minimum Gasteiger partial charge on any atom is -0.396 e. The summed E-state index contributed by atoms with van der Waals surface area (Å²) in [6, 6.07) is 6.72. The van der Waals surface area contributed by atoms with E-state index in [1.807, 2.05) is 0 Å². The van der Waals surface area contributed by atoms with Gasteiger partial charge in [-0.1, -0.05) is 19.9 Å². The van der Waals surface area contributed by atoms with E-state index in [0.29, 0.717) is 0 Å². The first-order valence-corrected chi connectivity index (χ1v) is 7.19. The molecule has 0 fully saturated rings. The highest BCUT2D eigenvalue weighted by Gasteiger charge is 2.24. The molecule has 1 aliphatic rings. The summed E-state index contributed by atoms with van der Waals surface area (Å²) >= 11 is 0. The SMILES string of the molecule is CCC(CC)(CO)CNc1ccc2c(c1)CCC2. The molecular formula is C16H25NO. The second-order valence-electron chi connectivity index (χ2n) is 5.56. The van der Waals surface area contributed by atoms with Crippen molar-refractivity contribution in [2.24, 2.45) is 5.41 Å². The van der Waals surface area contributed by atoms with Crippen molar-refractivity contribution in [3.8, 4) is 0 Å². The molecule has 0 spiro atoms. The van der Waals surface area contributed by atoms with Crippen molar-refractivity contribution >= 4 is 5.69 Å². The minimum absolute atomic E-state index is 0.0268. The van der Waals surface area contributed by atoms with Gasteiger partial charge in [-0.15, -0.1) is 0 Å². The van der Waals surface area contributed by atoms with E-state index in [2.05, 4.69) is 37.4 Å². The maximum Gasteiger partial charge on any atom is 0.0504 e. The number of rotatable bonds is 6. The highest BCUT2D eigenvalue weighted by molar-refractivity contribution is 5.50. The van der Waals surface area contributed by atoms with E-state index in [1.54, 1.807) is 0 Å². The van der Waals surface area contributed by atoms with Gasteiger partial charge in [0.2, 0.25) is 0 Å². The molecule has 1 aromatic carbocycles. The zero-order chi connectivity index (χ0) is 13.0. The van der Waals surface area contributed by atoms with Crippen molar-refractivity contribution in [3.63, 3.8) is 0 Å². The molecule has 2 N–H and O–H groups in total. The molecule has 0 amide bonds. The van der Waals surface area contributed by atoms with Crippen LogP contribution in [0.3, 0.4) is 0 Å². The summed E-state index contributed by atoms with van der Waals surface area (Å²) < 4.78 is 0. The fourth-order valence-corrected chi connectivity index (χ4v) is 2.75. The fourth-order valence-electron chi connectivity index (χ4n) is 2.75. The summed E-state index contributed by atoms with van der Waals surface area (Å²) in [6.07, 6.45) is 5.77. The highest BCUT2D eigenvalue weighted by atomic mass is 16.3. The first kappa shape index (κ1) is 13.4. The van der Waals surface area contributed by atoms with E-state index in [4.69, 9.17) is 0 Å². The smallest absolute Gasteiger partial charge is 0.0504 e. The van der Waals surface area contributed by atoms with Crippen LogP contribution in [0.1, 0.15) is 44.2 Å². The molecule has 0 unspecified atom stereocenters. The van der Waals surface area contributed by atoms with Crippen molar-refractivity contribution in [3.05, 3.63) is 29.3 Å². The third-order valence-electron chi connectivity index (χ3n) is 4.60. The van der Waals surface area contributed by atoms with Gasteiger partial charge >= 0.3 is 0 Å². The molecule has 0 heterocycles. The number of aliphatic hydroxyl groups is 1. The summed E-state index contributed by atoms with van der Waals surface area (Å²) in [5.41, 5.74) is 4.25. The number of anilines is 1. The summed E-state index contributed by atoms with van der Waals surface area (Å²) in [7, 11) is 0. The summed E-state index contributed by atoms with van der Waals surface area (Å²) in [5.74, 6) is 0. The lowest BCUT2D eigenvalue weighted by molar-refractivity contribution is 0.127. The van der Waals surface area contributed by atoms with Crippen LogP contribution in [0.2, 0.25) is 0 Å². The molecule has 2 rings (SSSR count). The average molecular weight is 247 g/mol. The molecule has 2 nitrogen and oxygen atoms in total. The number of hydrogen-bond donors (Lipinski definition) is 2. The molecule has 1 aliphatic carbocycles. The van der Waals surface area contributed by atoms with Gasteiger partial charge in [0.25, 0.3) is 0 Å². The number of aliphatic hydroxyl groups excluding tert-OH is 1. The summed E-state index contributed by atoms with van der Waals surface area (Å²) in [4.78, 5) is 0. The molecule has 2 heteroatoms. The maximum atomic E-state index is 9.57. The van der Waals surface area contributed by atoms with Crippen LogP contribution in [-0.2, 0) is 12.8 Å². The van der Waals surface area contributed by atoms with Crippen molar-refractivity contribution < 1.29 is 5.11 Å². The fraction of sp³-hybridized carbons (Fsp3) is 0.625. The molecule has 0 saturated carbocycles. The Hall–Kier alpha value is -1.02. The third-order valence-corrected chi connectivity index (χ3v) is 4.60. The number of nitrogens with one attached hydrogen (secondary N) is 1. The second-order valence-corrected chi connectivity index (χ2v) is 5.56. The molecule has 18 heavy (non-hydrogen) atoms. The predicted octanol–water partition coefficient (Wildman–Crippen LogP) is 3.39. The Morgan fingerprint density at radius 1 is 1.17 bits per heavy atom. The monoisotopic (exact) mass is 247 g/mol. The molecule has 0 saturated heterocycles. The van der Waals surface area contributed by atoms with Gasteiger partial charge in [-0.2, -0.15) is 0 Å². The van der Waals surface area contributed by atoms with Crippen LogP contribution in [0.4, 0.5) is 5.69 Å². The Balaban J connectivity index is 2.01. The van der Waals surface area contributed by atoms with Gasteiger partial charge < -0.3 is 10.4 Å². The second kappa shape index (κ2) is 5.75. The number of benzene rings is 1. The lowest BCUT2D eigenvalue weighted by atomic mass is 9.83. The topological polar surface area (TPSA) is 32.3 Å². The van der Waals surface area contributed by atoms with Gasteiger partial charge in [0, 0.05) is 17.6 Å². The van der Waals surface area contributed by atoms with E-state index in [0.717, 1.165) is 19.4 Å².